The molecule has 1 aromatic heterocycles. The number of piperidine rings is 1. The number of ether oxygens (including phenoxy) is 1. The molecule has 1 unspecified atom stereocenters. The van der Waals surface area contributed by atoms with Gasteiger partial charge in [-0.2, -0.15) is 0 Å². The molecule has 2 heterocycles. The number of fused-ring (bicyclic) bond motifs is 1. The van der Waals surface area contributed by atoms with Crippen LogP contribution in [0.5, 0.6) is 5.75 Å². The van der Waals surface area contributed by atoms with Crippen LogP contribution in [0.25, 0.3) is 10.1 Å². The number of aliphatic hydroxyl groups is 1. The van der Waals surface area contributed by atoms with E-state index < -0.39 is 10.0 Å². The molecule has 10 heteroatoms. The van der Waals surface area contributed by atoms with Crippen molar-refractivity contribution in [2.24, 2.45) is 5.14 Å². The van der Waals surface area contributed by atoms with Gasteiger partial charge in [-0.05, 0) is 55.3 Å². The quantitative estimate of drug-likeness (QED) is 0.296. The number of nitrogens with zero attached hydrogens (tertiary/aromatic N) is 1. The predicted octanol–water partition coefficient (Wildman–Crippen LogP) is 3.84. The molecule has 0 radical (unpaired) electrons. The fourth-order valence-electron chi connectivity index (χ4n) is 4.85. The molecular formula is C28H36N4O4S2. The van der Waals surface area contributed by atoms with Crippen LogP contribution in [0.4, 0.5) is 11.4 Å². The Balaban J connectivity index is 1.47. The molecule has 1 atom stereocenters. The lowest BCUT2D eigenvalue weighted by molar-refractivity contribution is 0.111. The van der Waals surface area contributed by atoms with E-state index in [-0.39, 0.29) is 11.0 Å². The number of anilines is 2. The highest BCUT2D eigenvalue weighted by atomic mass is 32.2. The van der Waals surface area contributed by atoms with Crippen LogP contribution >= 0.6 is 11.3 Å². The van der Waals surface area contributed by atoms with Gasteiger partial charge in [0.1, 0.15) is 5.75 Å². The molecule has 1 aliphatic rings. The van der Waals surface area contributed by atoms with Crippen molar-refractivity contribution in [1.82, 2.24) is 4.90 Å². The van der Waals surface area contributed by atoms with Crippen molar-refractivity contribution in [1.29, 1.82) is 0 Å². The number of benzene rings is 2. The average Bonchev–Trinajstić information content (AvgIpc) is 3.25. The molecule has 38 heavy (non-hydrogen) atoms. The zero-order valence-corrected chi connectivity index (χ0v) is 23.7. The average molecular weight is 557 g/mol. The predicted molar refractivity (Wildman–Crippen MR) is 156 cm³/mol. The number of nitrogens with one attached hydrogen (secondary N) is 2. The van der Waals surface area contributed by atoms with Gasteiger partial charge in [-0.1, -0.05) is 30.9 Å². The highest BCUT2D eigenvalue weighted by Gasteiger charge is 2.21. The van der Waals surface area contributed by atoms with Crippen LogP contribution in [0.15, 0.2) is 41.3 Å². The number of rotatable bonds is 9. The minimum absolute atomic E-state index is 0.00132. The molecule has 0 spiro atoms. The van der Waals surface area contributed by atoms with Crippen LogP contribution in [0.2, 0.25) is 0 Å². The number of methoxy groups -OCH3 is 1. The molecule has 1 aliphatic heterocycles. The van der Waals surface area contributed by atoms with Gasteiger partial charge in [0, 0.05) is 31.7 Å². The van der Waals surface area contributed by atoms with Gasteiger partial charge in [-0.25, -0.2) is 13.6 Å². The summed E-state index contributed by atoms with van der Waals surface area (Å²) in [6.45, 7) is 7.08. The summed E-state index contributed by atoms with van der Waals surface area (Å²) in [6, 6.07) is 11.3. The fourth-order valence-corrected chi connectivity index (χ4v) is 6.62. The first-order valence-electron chi connectivity index (χ1n) is 12.8. The molecule has 2 aromatic carbocycles. The SMILES string of the molecule is CCc1c(C#CCNc2ccc(S(N)(=O)=O)cc2OC)sc2c(NC3CCN(CC(C)O)CC3)cccc12. The van der Waals surface area contributed by atoms with Gasteiger partial charge in [0.25, 0.3) is 0 Å². The van der Waals surface area contributed by atoms with Crippen LogP contribution in [0.3, 0.4) is 0 Å². The Labute approximate surface area is 229 Å². The van der Waals surface area contributed by atoms with Gasteiger partial charge in [0.05, 0.1) is 45.6 Å². The molecule has 0 saturated carbocycles. The lowest BCUT2D eigenvalue weighted by atomic mass is 10.0. The van der Waals surface area contributed by atoms with Crippen LogP contribution < -0.4 is 20.5 Å². The third kappa shape index (κ3) is 6.79. The molecule has 0 amide bonds. The number of aryl methyl sites for hydroxylation is 1. The molecule has 0 aliphatic carbocycles. The van der Waals surface area contributed by atoms with Crippen LogP contribution in [0, 0.1) is 11.8 Å². The lowest BCUT2D eigenvalue weighted by Crippen LogP contribution is -2.41. The van der Waals surface area contributed by atoms with Crippen molar-refractivity contribution in [2.75, 3.05) is 43.9 Å². The van der Waals surface area contributed by atoms with Crippen LogP contribution in [0.1, 0.15) is 37.1 Å². The Morgan fingerprint density at radius 3 is 2.66 bits per heavy atom. The van der Waals surface area contributed by atoms with E-state index in [1.165, 1.54) is 34.9 Å². The van der Waals surface area contributed by atoms with E-state index in [0.29, 0.717) is 24.0 Å². The summed E-state index contributed by atoms with van der Waals surface area (Å²) in [5.41, 5.74) is 3.05. The van der Waals surface area contributed by atoms with Gasteiger partial charge in [0.15, 0.2) is 0 Å². The highest BCUT2D eigenvalue weighted by molar-refractivity contribution is 7.89. The van der Waals surface area contributed by atoms with E-state index in [0.717, 1.165) is 49.5 Å². The molecule has 3 aromatic rings. The second-order valence-electron chi connectivity index (χ2n) is 9.58. The molecule has 0 bridgehead atoms. The number of β-amino-alcohol motifs (C(OH)–C–C–N with tert-alkyl or cyclic N) is 1. The third-order valence-electron chi connectivity index (χ3n) is 6.71. The molecule has 5 N–H and O–H groups in total. The standard InChI is InChI=1S/C28H36N4O4S2/c1-4-22-23-7-5-8-25(31-20-12-15-32(16-13-20)18-19(2)33)28(23)37-27(22)9-6-14-30-24-11-10-21(38(29,34)35)17-26(24)36-3/h5,7-8,10-11,17,19-20,30-31,33H,4,12-16,18H2,1-3H3,(H2,29,34,35). The highest BCUT2D eigenvalue weighted by Crippen LogP contribution is 2.37. The summed E-state index contributed by atoms with van der Waals surface area (Å²) in [5.74, 6) is 6.94. The minimum atomic E-state index is -3.80. The van der Waals surface area contributed by atoms with Gasteiger partial charge in [-0.3, -0.25) is 0 Å². The van der Waals surface area contributed by atoms with Crippen molar-refractivity contribution in [2.45, 2.75) is 50.2 Å². The number of likely N-dealkylation sites (tertiary alicyclic amines) is 1. The van der Waals surface area contributed by atoms with Gasteiger partial charge < -0.3 is 25.4 Å². The minimum Gasteiger partial charge on any atom is -0.495 e. The summed E-state index contributed by atoms with van der Waals surface area (Å²) in [6.07, 6.45) is 2.70. The van der Waals surface area contributed by atoms with E-state index >= 15 is 0 Å². The Morgan fingerprint density at radius 2 is 2.00 bits per heavy atom. The maximum absolute atomic E-state index is 11.6. The van der Waals surface area contributed by atoms with Gasteiger partial charge in [-0.15, -0.1) is 11.3 Å². The van der Waals surface area contributed by atoms with Crippen molar-refractivity contribution in [3.63, 3.8) is 0 Å². The van der Waals surface area contributed by atoms with E-state index in [1.807, 2.05) is 6.92 Å². The van der Waals surface area contributed by atoms with E-state index in [9.17, 15) is 13.5 Å². The van der Waals surface area contributed by atoms with E-state index in [1.54, 1.807) is 17.4 Å². The number of hydrogen-bond acceptors (Lipinski definition) is 8. The monoisotopic (exact) mass is 556 g/mol. The molecule has 4 rings (SSSR count). The Kier molecular flexibility index (Phi) is 9.18. The first-order chi connectivity index (χ1) is 18.2. The van der Waals surface area contributed by atoms with Gasteiger partial charge in [0.2, 0.25) is 10.0 Å². The number of sulfonamides is 1. The van der Waals surface area contributed by atoms with E-state index in [2.05, 4.69) is 52.5 Å². The topological polar surface area (TPSA) is 117 Å². The molecule has 8 nitrogen and oxygen atoms in total. The smallest absolute Gasteiger partial charge is 0.238 e. The number of primary sulfonamides is 1. The number of thiophene rings is 1. The van der Waals surface area contributed by atoms with Gasteiger partial charge >= 0.3 is 0 Å². The fraction of sp³-hybridized carbons (Fsp3) is 0.429. The summed E-state index contributed by atoms with van der Waals surface area (Å²) in [5, 5.41) is 23.1. The first kappa shape index (κ1) is 28.2. The molecule has 204 valence electrons. The molecular weight excluding hydrogens is 520 g/mol. The summed E-state index contributed by atoms with van der Waals surface area (Å²) >= 11 is 1.72. The lowest BCUT2D eigenvalue weighted by Gasteiger charge is -2.33. The van der Waals surface area contributed by atoms with E-state index in [4.69, 9.17) is 9.88 Å². The van der Waals surface area contributed by atoms with Crippen molar-refractivity contribution >= 4 is 42.8 Å². The number of aliphatic hydroxyl groups excluding tert-OH is 1. The Morgan fingerprint density at radius 1 is 1.24 bits per heavy atom. The number of nitrogens with two attached hydrogens (primary N) is 1. The zero-order chi connectivity index (χ0) is 27.3. The normalized spacial score (nSPS) is 15.6. The maximum atomic E-state index is 11.6. The second kappa shape index (κ2) is 12.4. The largest absolute Gasteiger partial charge is 0.495 e. The molecule has 1 saturated heterocycles. The summed E-state index contributed by atoms with van der Waals surface area (Å²) < 4.78 is 29.8. The van der Waals surface area contributed by atoms with Crippen molar-refractivity contribution in [3.8, 4) is 17.6 Å². The van der Waals surface area contributed by atoms with Crippen LogP contribution in [-0.2, 0) is 16.4 Å². The Bertz CT molecular complexity index is 1430. The van der Waals surface area contributed by atoms with Crippen molar-refractivity contribution < 1.29 is 18.3 Å². The zero-order valence-electron chi connectivity index (χ0n) is 22.1. The van der Waals surface area contributed by atoms with Crippen molar-refractivity contribution in [3.05, 3.63) is 46.8 Å². The second-order valence-corrected chi connectivity index (χ2v) is 12.2. The Hall–Kier alpha value is -2.81. The maximum Gasteiger partial charge on any atom is 0.238 e. The van der Waals surface area contributed by atoms with Crippen LogP contribution in [-0.4, -0.2) is 63.9 Å². The summed E-state index contributed by atoms with van der Waals surface area (Å²) in [4.78, 5) is 3.38. The third-order valence-corrected chi connectivity index (χ3v) is 8.82. The summed E-state index contributed by atoms with van der Waals surface area (Å²) in [7, 11) is -2.32. The molecule has 1 fully saturated rings. The number of hydrogen-bond donors (Lipinski definition) is 4. The first-order valence-corrected chi connectivity index (χ1v) is 15.2.